The largest absolute Gasteiger partial charge is 0.493 e. The first-order valence-electron chi connectivity index (χ1n) is 8.30. The molecule has 0 heterocycles. The lowest BCUT2D eigenvalue weighted by atomic mass is 10.1. The number of esters is 1. The van der Waals surface area contributed by atoms with Crippen molar-refractivity contribution >= 4 is 17.6 Å². The van der Waals surface area contributed by atoms with Crippen LogP contribution in [0.15, 0.2) is 48.5 Å². The molecule has 2 rings (SSSR count). The van der Waals surface area contributed by atoms with E-state index in [0.717, 1.165) is 12.0 Å². The number of benzene rings is 2. The number of aryl methyl sites for hydroxylation is 2. The average Bonchev–Trinajstić information content (AvgIpc) is 2.62. The van der Waals surface area contributed by atoms with Gasteiger partial charge in [-0.15, -0.1) is 0 Å². The highest BCUT2D eigenvalue weighted by atomic mass is 16.5. The highest BCUT2D eigenvalue weighted by molar-refractivity contribution is 5.92. The Morgan fingerprint density at radius 1 is 1.00 bits per heavy atom. The fraction of sp³-hybridized carbons (Fsp3) is 0.300. The average molecular weight is 341 g/mol. The fourth-order valence-electron chi connectivity index (χ4n) is 2.13. The second kappa shape index (κ2) is 9.47. The zero-order valence-electron chi connectivity index (χ0n) is 14.6. The van der Waals surface area contributed by atoms with Crippen LogP contribution in [0.3, 0.4) is 0 Å². The molecule has 0 spiro atoms. The second-order valence-corrected chi connectivity index (χ2v) is 5.67. The van der Waals surface area contributed by atoms with Crippen LogP contribution >= 0.6 is 0 Å². The van der Waals surface area contributed by atoms with E-state index in [4.69, 9.17) is 9.47 Å². The number of amides is 1. The van der Waals surface area contributed by atoms with E-state index in [2.05, 4.69) is 12.2 Å². The van der Waals surface area contributed by atoms with E-state index in [1.165, 1.54) is 5.56 Å². The van der Waals surface area contributed by atoms with E-state index in [1.807, 2.05) is 55.5 Å². The molecule has 0 saturated carbocycles. The maximum Gasteiger partial charge on any atom is 0.309 e. The molecule has 0 unspecified atom stereocenters. The Kier molecular flexibility index (Phi) is 7.01. The van der Waals surface area contributed by atoms with E-state index < -0.39 is 5.97 Å². The van der Waals surface area contributed by atoms with Crippen LogP contribution < -0.4 is 10.1 Å². The molecule has 0 bridgehead atoms. The Morgan fingerprint density at radius 3 is 2.32 bits per heavy atom. The lowest BCUT2D eigenvalue weighted by molar-refractivity contribution is -0.147. The van der Waals surface area contributed by atoms with Crippen LogP contribution in [-0.4, -0.2) is 25.1 Å². The Morgan fingerprint density at radius 2 is 1.68 bits per heavy atom. The minimum Gasteiger partial charge on any atom is -0.493 e. The Balaban J connectivity index is 1.64. The number of carbonyl (C=O) groups is 2. The quantitative estimate of drug-likeness (QED) is 0.746. The number of anilines is 1. The van der Waals surface area contributed by atoms with Gasteiger partial charge in [0, 0.05) is 5.69 Å². The van der Waals surface area contributed by atoms with Gasteiger partial charge in [-0.25, -0.2) is 0 Å². The van der Waals surface area contributed by atoms with E-state index in [9.17, 15) is 9.59 Å². The number of hydrogen-bond acceptors (Lipinski definition) is 4. The maximum atomic E-state index is 11.8. The summed E-state index contributed by atoms with van der Waals surface area (Å²) in [5.41, 5.74) is 3.01. The van der Waals surface area contributed by atoms with Crippen LogP contribution in [0.1, 0.15) is 24.5 Å². The minimum atomic E-state index is -0.469. The summed E-state index contributed by atoms with van der Waals surface area (Å²) >= 11 is 0. The Hall–Kier alpha value is -2.82. The molecule has 0 aliphatic rings. The summed E-state index contributed by atoms with van der Waals surface area (Å²) in [6, 6.07) is 15.1. The number of hydrogen-bond donors (Lipinski definition) is 1. The zero-order valence-corrected chi connectivity index (χ0v) is 14.6. The van der Waals surface area contributed by atoms with Crippen molar-refractivity contribution in [2.45, 2.75) is 26.7 Å². The van der Waals surface area contributed by atoms with Crippen molar-refractivity contribution in [3.05, 3.63) is 59.7 Å². The standard InChI is InChI=1S/C20H23NO4/c1-3-16-6-8-17(9-7-16)21-19(22)14-25-20(23)12-13-24-18-10-4-15(2)5-11-18/h4-11H,3,12-14H2,1-2H3,(H,21,22). The molecule has 0 aliphatic carbocycles. The second-order valence-electron chi connectivity index (χ2n) is 5.67. The van der Waals surface area contributed by atoms with Crippen LogP contribution in [0.4, 0.5) is 5.69 Å². The summed E-state index contributed by atoms with van der Waals surface area (Å²) in [6.45, 7) is 3.96. The van der Waals surface area contributed by atoms with Gasteiger partial charge in [0.1, 0.15) is 5.75 Å². The molecule has 0 atom stereocenters. The molecule has 0 aliphatic heterocycles. The van der Waals surface area contributed by atoms with Gasteiger partial charge < -0.3 is 14.8 Å². The summed E-state index contributed by atoms with van der Waals surface area (Å²) in [5.74, 6) is -0.132. The van der Waals surface area contributed by atoms with Crippen molar-refractivity contribution in [2.75, 3.05) is 18.5 Å². The fourth-order valence-corrected chi connectivity index (χ4v) is 2.13. The van der Waals surface area contributed by atoms with Gasteiger partial charge in [-0.3, -0.25) is 9.59 Å². The molecule has 2 aromatic carbocycles. The van der Waals surface area contributed by atoms with Gasteiger partial charge in [0.15, 0.2) is 6.61 Å². The van der Waals surface area contributed by atoms with E-state index in [-0.39, 0.29) is 25.5 Å². The molecule has 132 valence electrons. The molecule has 5 nitrogen and oxygen atoms in total. The topological polar surface area (TPSA) is 64.6 Å². The van der Waals surface area contributed by atoms with Crippen LogP contribution in [0.25, 0.3) is 0 Å². The molecular formula is C20H23NO4. The Bertz CT molecular complexity index is 693. The first kappa shape index (κ1) is 18.5. The van der Waals surface area contributed by atoms with E-state index in [1.54, 1.807) is 0 Å². The third-order valence-corrected chi connectivity index (χ3v) is 3.61. The molecule has 0 saturated heterocycles. The van der Waals surface area contributed by atoms with Crippen LogP contribution in [0.5, 0.6) is 5.75 Å². The SMILES string of the molecule is CCc1ccc(NC(=O)COC(=O)CCOc2ccc(C)cc2)cc1. The van der Waals surface area contributed by atoms with Crippen LogP contribution in [-0.2, 0) is 20.7 Å². The molecule has 25 heavy (non-hydrogen) atoms. The highest BCUT2D eigenvalue weighted by Crippen LogP contribution is 2.12. The first-order chi connectivity index (χ1) is 12.1. The number of nitrogens with one attached hydrogen (secondary N) is 1. The summed E-state index contributed by atoms with van der Waals surface area (Å²) in [4.78, 5) is 23.4. The van der Waals surface area contributed by atoms with E-state index >= 15 is 0 Å². The van der Waals surface area contributed by atoms with Gasteiger partial charge in [0.05, 0.1) is 13.0 Å². The molecule has 5 heteroatoms. The molecule has 0 radical (unpaired) electrons. The number of ether oxygens (including phenoxy) is 2. The predicted octanol–water partition coefficient (Wildman–Crippen LogP) is 3.51. The first-order valence-corrected chi connectivity index (χ1v) is 8.30. The van der Waals surface area contributed by atoms with Gasteiger partial charge in [-0.2, -0.15) is 0 Å². The molecular weight excluding hydrogens is 318 g/mol. The third-order valence-electron chi connectivity index (χ3n) is 3.61. The minimum absolute atomic E-state index is 0.0896. The summed E-state index contributed by atoms with van der Waals surface area (Å²) in [6.07, 6.45) is 1.03. The maximum absolute atomic E-state index is 11.8. The van der Waals surface area contributed by atoms with Gasteiger partial charge >= 0.3 is 5.97 Å². The highest BCUT2D eigenvalue weighted by Gasteiger charge is 2.08. The smallest absolute Gasteiger partial charge is 0.309 e. The van der Waals surface area contributed by atoms with E-state index in [0.29, 0.717) is 11.4 Å². The van der Waals surface area contributed by atoms with Crippen molar-refractivity contribution in [3.8, 4) is 5.75 Å². The predicted molar refractivity (Wildman–Crippen MR) is 96.7 cm³/mol. The summed E-state index contributed by atoms with van der Waals surface area (Å²) in [7, 11) is 0. The summed E-state index contributed by atoms with van der Waals surface area (Å²) in [5, 5.41) is 2.69. The normalized spacial score (nSPS) is 10.2. The lowest BCUT2D eigenvalue weighted by Crippen LogP contribution is -2.21. The van der Waals surface area contributed by atoms with Gasteiger partial charge in [0.2, 0.25) is 0 Å². The van der Waals surface area contributed by atoms with Crippen LogP contribution in [0, 0.1) is 6.92 Å². The Labute approximate surface area is 148 Å². The molecule has 2 aromatic rings. The van der Waals surface area contributed by atoms with Crippen molar-refractivity contribution in [1.29, 1.82) is 0 Å². The van der Waals surface area contributed by atoms with Crippen molar-refractivity contribution in [3.63, 3.8) is 0 Å². The van der Waals surface area contributed by atoms with Crippen molar-refractivity contribution in [1.82, 2.24) is 0 Å². The molecule has 1 amide bonds. The van der Waals surface area contributed by atoms with Gasteiger partial charge in [-0.1, -0.05) is 36.8 Å². The number of rotatable bonds is 8. The van der Waals surface area contributed by atoms with Gasteiger partial charge in [0.25, 0.3) is 5.91 Å². The van der Waals surface area contributed by atoms with Crippen molar-refractivity contribution in [2.24, 2.45) is 0 Å². The summed E-state index contributed by atoms with van der Waals surface area (Å²) < 4.78 is 10.4. The van der Waals surface area contributed by atoms with Crippen molar-refractivity contribution < 1.29 is 19.1 Å². The zero-order chi connectivity index (χ0) is 18.1. The number of carbonyl (C=O) groups excluding carboxylic acids is 2. The third kappa shape index (κ3) is 6.67. The van der Waals surface area contributed by atoms with Crippen LogP contribution in [0.2, 0.25) is 0 Å². The molecule has 1 N–H and O–H groups in total. The molecule has 0 fully saturated rings. The monoisotopic (exact) mass is 341 g/mol. The molecule has 0 aromatic heterocycles. The lowest BCUT2D eigenvalue weighted by Gasteiger charge is -2.08. The van der Waals surface area contributed by atoms with Gasteiger partial charge in [-0.05, 0) is 43.2 Å².